The molecule has 4 heterocycles. The van der Waals surface area contributed by atoms with Crippen LogP contribution in [-0.4, -0.2) is 26.8 Å². The largest absolute Gasteiger partial charge is 0.461 e. The fraction of sp³-hybridized carbons (Fsp3) is 0.273. The summed E-state index contributed by atoms with van der Waals surface area (Å²) in [4.78, 5) is 11.4. The molecule has 0 unspecified atom stereocenters. The van der Waals surface area contributed by atoms with E-state index >= 15 is 0 Å². The molecule has 8 nitrogen and oxygen atoms in total. The number of nitrogens with one attached hydrogen (secondary N) is 2. The molecule has 156 valence electrons. The maximum atomic E-state index is 6.14. The van der Waals surface area contributed by atoms with Gasteiger partial charge in [0.25, 0.3) is 0 Å². The van der Waals surface area contributed by atoms with Gasteiger partial charge in [-0.2, -0.15) is 0 Å². The lowest BCUT2D eigenvalue weighted by Gasteiger charge is -2.16. The lowest BCUT2D eigenvalue weighted by Crippen LogP contribution is -2.22. The molecule has 0 amide bonds. The van der Waals surface area contributed by atoms with Crippen molar-refractivity contribution in [1.29, 1.82) is 0 Å². The van der Waals surface area contributed by atoms with Gasteiger partial charge in [0.05, 0.1) is 5.39 Å². The van der Waals surface area contributed by atoms with Crippen LogP contribution in [-0.2, 0) is 19.4 Å². The number of aromatic nitrogens is 4. The summed E-state index contributed by atoms with van der Waals surface area (Å²) in [5.41, 5.74) is 5.01. The van der Waals surface area contributed by atoms with Crippen molar-refractivity contribution in [1.82, 2.24) is 25.6 Å². The van der Waals surface area contributed by atoms with Gasteiger partial charge in [-0.1, -0.05) is 10.3 Å². The van der Waals surface area contributed by atoms with Gasteiger partial charge in [0, 0.05) is 36.0 Å². The van der Waals surface area contributed by atoms with Crippen LogP contribution >= 0.6 is 11.3 Å². The molecule has 0 radical (unpaired) electrons. The minimum Gasteiger partial charge on any atom is -0.461 e. The Morgan fingerprint density at radius 1 is 1.16 bits per heavy atom. The molecule has 31 heavy (non-hydrogen) atoms. The molecule has 1 aliphatic carbocycles. The quantitative estimate of drug-likeness (QED) is 0.497. The van der Waals surface area contributed by atoms with E-state index in [-0.39, 0.29) is 0 Å². The Kier molecular flexibility index (Phi) is 4.43. The Morgan fingerprint density at radius 3 is 3.06 bits per heavy atom. The summed E-state index contributed by atoms with van der Waals surface area (Å²) in [7, 11) is 0. The maximum absolute atomic E-state index is 6.14. The third kappa shape index (κ3) is 3.35. The summed E-state index contributed by atoms with van der Waals surface area (Å²) in [6.45, 7) is 3.93. The van der Waals surface area contributed by atoms with Crippen LogP contribution in [0.2, 0.25) is 0 Å². The van der Waals surface area contributed by atoms with Crippen LogP contribution in [0.5, 0.6) is 5.75 Å². The smallest absolute Gasteiger partial charge is 0.142 e. The third-order valence-electron chi connectivity index (χ3n) is 5.68. The number of thiophene rings is 1. The van der Waals surface area contributed by atoms with Gasteiger partial charge in [0.15, 0.2) is 0 Å². The molecule has 0 saturated carbocycles. The standard InChI is InChI=1S/C22H20N6O2S/c1-12-8-13(2-5-18(12)29-14-3-4-16-17(9-14)28-30-27-16)26-21-20-15-6-7-23-10-19(15)31-22(20)25-11-24-21/h2,5,8-9,11,23H,3-4,6-7,10H2,1H3,(H,24,25,26). The van der Waals surface area contributed by atoms with E-state index in [4.69, 9.17) is 9.37 Å². The van der Waals surface area contributed by atoms with Crippen molar-refractivity contribution in [3.05, 3.63) is 57.7 Å². The molecule has 9 heteroatoms. The Labute approximate surface area is 182 Å². The zero-order chi connectivity index (χ0) is 20.8. The van der Waals surface area contributed by atoms with E-state index in [0.29, 0.717) is 0 Å². The van der Waals surface area contributed by atoms with E-state index in [1.54, 1.807) is 17.7 Å². The normalized spacial score (nSPS) is 15.3. The van der Waals surface area contributed by atoms with Gasteiger partial charge in [-0.05, 0) is 49.2 Å². The molecular formula is C22H20N6O2S. The predicted molar refractivity (Wildman–Crippen MR) is 119 cm³/mol. The van der Waals surface area contributed by atoms with Gasteiger partial charge in [-0.3, -0.25) is 0 Å². The minimum atomic E-state index is 0.749. The van der Waals surface area contributed by atoms with Gasteiger partial charge >= 0.3 is 0 Å². The molecule has 2 N–H and O–H groups in total. The van der Waals surface area contributed by atoms with E-state index in [2.05, 4.69) is 37.0 Å². The van der Waals surface area contributed by atoms with Crippen molar-refractivity contribution in [2.24, 2.45) is 0 Å². The van der Waals surface area contributed by atoms with Crippen LogP contribution in [0.3, 0.4) is 0 Å². The molecule has 0 fully saturated rings. The first-order valence-corrected chi connectivity index (χ1v) is 11.1. The lowest BCUT2D eigenvalue weighted by molar-refractivity contribution is 0.302. The molecule has 1 aromatic carbocycles. The van der Waals surface area contributed by atoms with Gasteiger partial charge < -0.3 is 15.4 Å². The average molecular weight is 433 g/mol. The minimum absolute atomic E-state index is 0.749. The number of allylic oxidation sites excluding steroid dienone is 1. The number of anilines is 2. The number of rotatable bonds is 4. The first-order valence-electron chi connectivity index (χ1n) is 10.3. The summed E-state index contributed by atoms with van der Waals surface area (Å²) in [5.74, 6) is 2.55. The second-order valence-electron chi connectivity index (χ2n) is 7.75. The van der Waals surface area contributed by atoms with E-state index in [1.165, 1.54) is 10.4 Å². The molecule has 1 aliphatic heterocycles. The number of hydrogen-bond acceptors (Lipinski definition) is 9. The van der Waals surface area contributed by atoms with Crippen molar-refractivity contribution in [2.45, 2.75) is 32.7 Å². The van der Waals surface area contributed by atoms with Crippen LogP contribution in [0, 0.1) is 6.92 Å². The fourth-order valence-electron chi connectivity index (χ4n) is 4.12. The predicted octanol–water partition coefficient (Wildman–Crippen LogP) is 4.14. The molecule has 0 saturated heterocycles. The van der Waals surface area contributed by atoms with E-state index in [1.807, 2.05) is 25.1 Å². The summed E-state index contributed by atoms with van der Waals surface area (Å²) in [5, 5.41) is 15.9. The number of aryl methyl sites for hydroxylation is 2. The number of nitrogens with zero attached hydrogens (tertiary/aromatic N) is 4. The highest BCUT2D eigenvalue weighted by molar-refractivity contribution is 7.19. The number of hydrogen-bond donors (Lipinski definition) is 2. The highest BCUT2D eigenvalue weighted by atomic mass is 32.1. The second kappa shape index (κ2) is 7.44. The molecule has 0 bridgehead atoms. The van der Waals surface area contributed by atoms with Crippen molar-refractivity contribution < 1.29 is 9.37 Å². The van der Waals surface area contributed by atoms with Crippen molar-refractivity contribution in [3.8, 4) is 5.75 Å². The summed E-state index contributed by atoms with van der Waals surface area (Å²) in [6.07, 6.45) is 6.08. The maximum Gasteiger partial charge on any atom is 0.142 e. The summed E-state index contributed by atoms with van der Waals surface area (Å²) >= 11 is 1.75. The highest BCUT2D eigenvalue weighted by Crippen LogP contribution is 2.37. The van der Waals surface area contributed by atoms with E-state index < -0.39 is 0 Å². The average Bonchev–Trinajstić information content (AvgIpc) is 3.40. The van der Waals surface area contributed by atoms with Crippen molar-refractivity contribution >= 4 is 39.1 Å². The van der Waals surface area contributed by atoms with Crippen LogP contribution < -0.4 is 15.4 Å². The lowest BCUT2D eigenvalue weighted by atomic mass is 10.1. The summed E-state index contributed by atoms with van der Waals surface area (Å²) in [6, 6.07) is 6.08. The molecule has 0 atom stereocenters. The van der Waals surface area contributed by atoms with Crippen LogP contribution in [0.4, 0.5) is 11.5 Å². The highest BCUT2D eigenvalue weighted by Gasteiger charge is 2.20. The number of fused-ring (bicyclic) bond motifs is 4. The van der Waals surface area contributed by atoms with Crippen molar-refractivity contribution in [3.63, 3.8) is 0 Å². The van der Waals surface area contributed by atoms with E-state index in [0.717, 1.165) is 82.5 Å². The first-order chi connectivity index (χ1) is 15.2. The molecule has 6 rings (SSSR count). The zero-order valence-corrected chi connectivity index (χ0v) is 17.8. The van der Waals surface area contributed by atoms with Crippen LogP contribution in [0.15, 0.2) is 34.9 Å². The number of ether oxygens (including phenoxy) is 1. The Balaban J connectivity index is 1.27. The van der Waals surface area contributed by atoms with Crippen LogP contribution in [0.1, 0.15) is 33.8 Å². The Bertz CT molecular complexity index is 1330. The molecule has 4 aromatic rings. The van der Waals surface area contributed by atoms with E-state index in [9.17, 15) is 0 Å². The van der Waals surface area contributed by atoms with Gasteiger partial charge in [0.1, 0.15) is 39.9 Å². The fourth-order valence-corrected chi connectivity index (χ4v) is 5.27. The molecule has 2 aliphatic rings. The monoisotopic (exact) mass is 432 g/mol. The Hall–Kier alpha value is -3.30. The van der Waals surface area contributed by atoms with Gasteiger partial charge in [-0.25, -0.2) is 14.6 Å². The number of benzene rings is 1. The molecule has 3 aromatic heterocycles. The summed E-state index contributed by atoms with van der Waals surface area (Å²) < 4.78 is 10.9. The molecule has 0 spiro atoms. The van der Waals surface area contributed by atoms with Gasteiger partial charge in [0.2, 0.25) is 0 Å². The van der Waals surface area contributed by atoms with Gasteiger partial charge in [-0.15, -0.1) is 11.3 Å². The first kappa shape index (κ1) is 18.5. The van der Waals surface area contributed by atoms with Crippen molar-refractivity contribution in [2.75, 3.05) is 11.9 Å². The molecular weight excluding hydrogens is 412 g/mol. The second-order valence-corrected chi connectivity index (χ2v) is 8.83. The third-order valence-corrected chi connectivity index (χ3v) is 6.82. The Morgan fingerprint density at radius 2 is 2.13 bits per heavy atom. The SMILES string of the molecule is Cc1cc(Nc2ncnc3sc4c(c23)CCNC4)ccc1OC1=Cc2nonc2CC1. The topological polar surface area (TPSA) is 98.0 Å². The zero-order valence-electron chi connectivity index (χ0n) is 16.9. The van der Waals surface area contributed by atoms with Crippen LogP contribution in [0.25, 0.3) is 16.3 Å².